The first-order valence-corrected chi connectivity index (χ1v) is 14.2. The summed E-state index contributed by atoms with van der Waals surface area (Å²) in [6, 6.07) is 21.2. The van der Waals surface area contributed by atoms with Gasteiger partial charge < -0.3 is 4.57 Å². The van der Waals surface area contributed by atoms with Crippen LogP contribution in [0.4, 0.5) is 5.69 Å². The second-order valence-electron chi connectivity index (χ2n) is 9.45. The van der Waals surface area contributed by atoms with Crippen LogP contribution in [0, 0.1) is 34.6 Å². The molecule has 0 saturated heterocycles. The number of hydrogen-bond acceptors (Lipinski definition) is 4. The highest BCUT2D eigenvalue weighted by atomic mass is 35.5. The van der Waals surface area contributed by atoms with Crippen LogP contribution >= 0.6 is 11.6 Å². The molecule has 1 amide bonds. The lowest BCUT2D eigenvalue weighted by Gasteiger charge is -2.25. The van der Waals surface area contributed by atoms with Gasteiger partial charge in [0.1, 0.15) is 6.54 Å². The predicted octanol–water partition coefficient (Wildman–Crippen LogP) is 6.02. The fourth-order valence-corrected chi connectivity index (χ4v) is 6.24. The van der Waals surface area contributed by atoms with Gasteiger partial charge in [0.15, 0.2) is 0 Å². The number of carbonyl (C=O) groups is 1. The summed E-state index contributed by atoms with van der Waals surface area (Å²) in [6.07, 6.45) is 1.57. The number of carbonyl (C=O) groups excluding carboxylic acids is 1. The first kappa shape index (κ1) is 28.1. The van der Waals surface area contributed by atoms with E-state index in [9.17, 15) is 13.2 Å². The Morgan fingerprint density at radius 1 is 0.974 bits per heavy atom. The van der Waals surface area contributed by atoms with E-state index in [1.54, 1.807) is 49.5 Å². The number of hydrazone groups is 1. The summed E-state index contributed by atoms with van der Waals surface area (Å²) in [5, 5.41) is 4.54. The zero-order chi connectivity index (χ0) is 28.3. The number of nitrogens with one attached hydrogen (secondary N) is 1. The highest BCUT2D eigenvalue weighted by molar-refractivity contribution is 7.92. The summed E-state index contributed by atoms with van der Waals surface area (Å²) in [4.78, 5) is 13.0. The van der Waals surface area contributed by atoms with Gasteiger partial charge in [-0.25, -0.2) is 13.8 Å². The second kappa shape index (κ2) is 11.5. The third kappa shape index (κ3) is 5.92. The average Bonchev–Trinajstić information content (AvgIpc) is 3.17. The Labute approximate surface area is 234 Å². The first-order valence-electron chi connectivity index (χ1n) is 12.4. The van der Waals surface area contributed by atoms with Crippen molar-refractivity contribution in [2.24, 2.45) is 5.10 Å². The fourth-order valence-electron chi connectivity index (χ4n) is 4.57. The predicted molar refractivity (Wildman–Crippen MR) is 158 cm³/mol. The number of nitrogens with zero attached hydrogens (tertiary/aromatic N) is 3. The Balaban J connectivity index is 1.58. The van der Waals surface area contributed by atoms with E-state index in [-0.39, 0.29) is 4.90 Å². The van der Waals surface area contributed by atoms with Gasteiger partial charge in [-0.15, -0.1) is 0 Å². The number of halogens is 1. The Kier molecular flexibility index (Phi) is 8.28. The van der Waals surface area contributed by atoms with E-state index in [2.05, 4.69) is 47.1 Å². The summed E-state index contributed by atoms with van der Waals surface area (Å²) in [5.41, 5.74) is 9.63. The molecule has 1 heterocycles. The Morgan fingerprint density at radius 3 is 2.38 bits per heavy atom. The molecule has 4 rings (SSSR count). The molecule has 7 nitrogen and oxygen atoms in total. The highest BCUT2D eigenvalue weighted by Crippen LogP contribution is 2.30. The molecule has 4 aromatic rings. The highest BCUT2D eigenvalue weighted by Gasteiger charge is 2.28. The standard InChI is InChI=1S/C30H31ClN4O3S/c1-20-14-15-28(21(2)16-20)35-22(3)17-25(24(35)5)18-32-33-30(36)19-34(29-13-9-12-27(31)23(29)4)39(37,38)26-10-7-6-8-11-26/h6-18H,19H2,1-5H3,(H,33,36)/b32-18-. The molecule has 0 atom stereocenters. The molecule has 0 spiro atoms. The molecule has 0 aliphatic heterocycles. The molecule has 9 heteroatoms. The van der Waals surface area contributed by atoms with Crippen molar-refractivity contribution < 1.29 is 13.2 Å². The topological polar surface area (TPSA) is 83.8 Å². The maximum Gasteiger partial charge on any atom is 0.264 e. The molecular weight excluding hydrogens is 532 g/mol. The molecule has 1 N–H and O–H groups in total. The van der Waals surface area contributed by atoms with Crippen LogP contribution in [0.1, 0.15) is 33.6 Å². The van der Waals surface area contributed by atoms with Crippen molar-refractivity contribution in [3.05, 3.63) is 111 Å². The normalized spacial score (nSPS) is 11.6. The molecule has 0 aliphatic rings. The van der Waals surface area contributed by atoms with Crippen molar-refractivity contribution in [2.75, 3.05) is 10.8 Å². The third-order valence-corrected chi connectivity index (χ3v) is 8.77. The van der Waals surface area contributed by atoms with E-state index in [0.717, 1.165) is 32.5 Å². The Bertz CT molecular complexity index is 1660. The van der Waals surface area contributed by atoms with Crippen LogP contribution in [0.15, 0.2) is 82.8 Å². The maximum atomic E-state index is 13.6. The quantitative estimate of drug-likeness (QED) is 0.210. The minimum atomic E-state index is -4.05. The molecule has 3 aromatic carbocycles. The number of anilines is 1. The zero-order valence-electron chi connectivity index (χ0n) is 22.6. The molecular formula is C30H31ClN4O3S. The van der Waals surface area contributed by atoms with Gasteiger partial charge in [0.25, 0.3) is 15.9 Å². The minimum absolute atomic E-state index is 0.0690. The van der Waals surface area contributed by atoms with Crippen molar-refractivity contribution in [1.82, 2.24) is 9.99 Å². The van der Waals surface area contributed by atoms with Gasteiger partial charge in [-0.05, 0) is 82.1 Å². The van der Waals surface area contributed by atoms with Crippen LogP contribution in [-0.4, -0.2) is 31.7 Å². The molecule has 0 unspecified atom stereocenters. The minimum Gasteiger partial charge on any atom is -0.318 e. The monoisotopic (exact) mass is 562 g/mol. The average molecular weight is 563 g/mol. The molecule has 1 aromatic heterocycles. The molecule has 202 valence electrons. The molecule has 0 bridgehead atoms. The van der Waals surface area contributed by atoms with Gasteiger partial charge in [-0.3, -0.25) is 9.10 Å². The fraction of sp³-hybridized carbons (Fsp3) is 0.200. The number of aromatic nitrogens is 1. The maximum absolute atomic E-state index is 13.6. The lowest BCUT2D eigenvalue weighted by atomic mass is 10.1. The van der Waals surface area contributed by atoms with Gasteiger partial charge in [-0.1, -0.05) is 53.6 Å². The number of benzene rings is 3. The van der Waals surface area contributed by atoms with Gasteiger partial charge >= 0.3 is 0 Å². The molecule has 39 heavy (non-hydrogen) atoms. The van der Waals surface area contributed by atoms with E-state index in [0.29, 0.717) is 16.3 Å². The molecule has 0 radical (unpaired) electrons. The van der Waals surface area contributed by atoms with E-state index in [1.807, 2.05) is 19.9 Å². The largest absolute Gasteiger partial charge is 0.318 e. The van der Waals surface area contributed by atoms with E-state index in [1.165, 1.54) is 17.7 Å². The number of rotatable bonds is 8. The van der Waals surface area contributed by atoms with Crippen LogP contribution in [0.5, 0.6) is 0 Å². The van der Waals surface area contributed by atoms with Gasteiger partial charge in [0.2, 0.25) is 0 Å². The lowest BCUT2D eigenvalue weighted by molar-refractivity contribution is -0.119. The summed E-state index contributed by atoms with van der Waals surface area (Å²) in [7, 11) is -4.05. The number of hydrogen-bond donors (Lipinski definition) is 1. The van der Waals surface area contributed by atoms with Crippen molar-refractivity contribution in [3.63, 3.8) is 0 Å². The number of sulfonamides is 1. The SMILES string of the molecule is Cc1ccc(-n2c(C)cc(/C=N\NC(=O)CN(c3cccc(Cl)c3C)S(=O)(=O)c3ccccc3)c2C)c(C)c1. The molecule has 0 fully saturated rings. The van der Waals surface area contributed by atoms with E-state index < -0.39 is 22.5 Å². The van der Waals surface area contributed by atoms with Crippen LogP contribution in [0.25, 0.3) is 5.69 Å². The van der Waals surface area contributed by atoms with Crippen molar-refractivity contribution in [2.45, 2.75) is 39.5 Å². The molecule has 0 saturated carbocycles. The second-order valence-corrected chi connectivity index (χ2v) is 11.7. The lowest BCUT2D eigenvalue weighted by Crippen LogP contribution is -2.40. The number of aryl methyl sites for hydroxylation is 3. The van der Waals surface area contributed by atoms with Crippen LogP contribution in [-0.2, 0) is 14.8 Å². The van der Waals surface area contributed by atoms with Gasteiger partial charge in [0, 0.05) is 27.7 Å². The van der Waals surface area contributed by atoms with Crippen LogP contribution < -0.4 is 9.73 Å². The van der Waals surface area contributed by atoms with Crippen LogP contribution in [0.3, 0.4) is 0 Å². The third-order valence-electron chi connectivity index (χ3n) is 6.58. The smallest absolute Gasteiger partial charge is 0.264 e. The number of amides is 1. The first-order chi connectivity index (χ1) is 18.5. The summed E-state index contributed by atoms with van der Waals surface area (Å²) in [5.74, 6) is -0.590. The van der Waals surface area contributed by atoms with Gasteiger partial charge in [-0.2, -0.15) is 5.10 Å². The van der Waals surface area contributed by atoms with Gasteiger partial charge in [0.05, 0.1) is 16.8 Å². The Hall–Kier alpha value is -3.88. The zero-order valence-corrected chi connectivity index (χ0v) is 24.1. The molecule has 0 aliphatic carbocycles. The van der Waals surface area contributed by atoms with E-state index >= 15 is 0 Å². The summed E-state index contributed by atoms with van der Waals surface area (Å²) >= 11 is 6.29. The van der Waals surface area contributed by atoms with Crippen molar-refractivity contribution in [1.29, 1.82) is 0 Å². The Morgan fingerprint density at radius 2 is 1.69 bits per heavy atom. The van der Waals surface area contributed by atoms with E-state index in [4.69, 9.17) is 11.6 Å². The van der Waals surface area contributed by atoms with Crippen molar-refractivity contribution in [3.8, 4) is 5.69 Å². The summed E-state index contributed by atoms with van der Waals surface area (Å²) < 4.78 is 30.3. The van der Waals surface area contributed by atoms with Crippen molar-refractivity contribution >= 4 is 39.4 Å². The summed E-state index contributed by atoms with van der Waals surface area (Å²) in [6.45, 7) is 9.39. The van der Waals surface area contributed by atoms with Crippen LogP contribution in [0.2, 0.25) is 5.02 Å².